The first-order valence-corrected chi connectivity index (χ1v) is 15.5. The van der Waals surface area contributed by atoms with E-state index in [2.05, 4.69) is 12.2 Å². The van der Waals surface area contributed by atoms with Crippen LogP contribution in [0.4, 0.5) is 17.1 Å². The highest BCUT2D eigenvalue weighted by molar-refractivity contribution is 5.65. The number of nitro groups is 2. The molecular weight excluding hydrogens is 530 g/mol. The van der Waals surface area contributed by atoms with Crippen LogP contribution >= 0.6 is 0 Å². The maximum absolute atomic E-state index is 11.1. The van der Waals surface area contributed by atoms with Gasteiger partial charge >= 0.3 is 0 Å². The van der Waals surface area contributed by atoms with Crippen molar-refractivity contribution in [2.75, 3.05) is 64.7 Å². The van der Waals surface area contributed by atoms with E-state index in [0.29, 0.717) is 52.8 Å². The van der Waals surface area contributed by atoms with E-state index in [1.807, 2.05) is 0 Å². The first kappa shape index (κ1) is 36.7. The van der Waals surface area contributed by atoms with E-state index < -0.39 is 9.85 Å². The highest BCUT2D eigenvalue weighted by atomic mass is 16.6. The maximum atomic E-state index is 11.1. The molecule has 0 fully saturated rings. The summed E-state index contributed by atoms with van der Waals surface area (Å²) in [5, 5.41) is 24.8. The third kappa shape index (κ3) is 21.1. The number of nitro benzene ring substituents is 2. The van der Waals surface area contributed by atoms with Gasteiger partial charge in [-0.05, 0) is 12.5 Å². The Hall–Kier alpha value is -2.34. The molecule has 11 heteroatoms. The summed E-state index contributed by atoms with van der Waals surface area (Å²) >= 11 is 0. The Morgan fingerprint density at radius 1 is 0.585 bits per heavy atom. The fourth-order valence-electron chi connectivity index (χ4n) is 4.35. The molecule has 236 valence electrons. The Kier molecular flexibility index (Phi) is 23.8. The molecule has 0 aliphatic heterocycles. The number of ether oxygens (including phenoxy) is 4. The minimum Gasteiger partial charge on any atom is -0.379 e. The number of non-ortho nitro benzene ring substituents is 1. The Morgan fingerprint density at radius 2 is 1.02 bits per heavy atom. The zero-order chi connectivity index (χ0) is 29.8. The highest BCUT2D eigenvalue weighted by Crippen LogP contribution is 2.28. The van der Waals surface area contributed by atoms with Crippen LogP contribution in [-0.2, 0) is 18.9 Å². The molecular formula is C30H53N3O8. The van der Waals surface area contributed by atoms with E-state index in [1.54, 1.807) is 0 Å². The largest absolute Gasteiger partial charge is 0.379 e. The van der Waals surface area contributed by atoms with Crippen LogP contribution in [0.1, 0.15) is 96.8 Å². The molecule has 1 aromatic carbocycles. The van der Waals surface area contributed by atoms with Crippen molar-refractivity contribution in [3.63, 3.8) is 0 Å². The van der Waals surface area contributed by atoms with Crippen LogP contribution in [0.15, 0.2) is 18.2 Å². The summed E-state index contributed by atoms with van der Waals surface area (Å²) in [7, 11) is 0. The van der Waals surface area contributed by atoms with Crippen LogP contribution in [0.2, 0.25) is 0 Å². The molecule has 0 unspecified atom stereocenters. The van der Waals surface area contributed by atoms with Crippen LogP contribution in [0.25, 0.3) is 0 Å². The minimum atomic E-state index is -0.666. The molecule has 0 aliphatic rings. The zero-order valence-corrected chi connectivity index (χ0v) is 25.2. The number of benzene rings is 1. The smallest absolute Gasteiger partial charge is 0.299 e. The van der Waals surface area contributed by atoms with Gasteiger partial charge in [-0.3, -0.25) is 20.2 Å². The van der Waals surface area contributed by atoms with E-state index >= 15 is 0 Å². The van der Waals surface area contributed by atoms with Gasteiger partial charge in [0.25, 0.3) is 11.4 Å². The van der Waals surface area contributed by atoms with Crippen LogP contribution < -0.4 is 5.32 Å². The van der Waals surface area contributed by atoms with Crippen LogP contribution in [-0.4, -0.2) is 69.2 Å². The van der Waals surface area contributed by atoms with Crippen molar-refractivity contribution in [1.29, 1.82) is 0 Å². The lowest BCUT2D eigenvalue weighted by molar-refractivity contribution is -0.393. The molecule has 0 saturated carbocycles. The predicted octanol–water partition coefficient (Wildman–Crippen LogP) is 7.46. The summed E-state index contributed by atoms with van der Waals surface area (Å²) in [5.74, 6) is 0. The fraction of sp³-hybridized carbons (Fsp3) is 0.800. The quantitative estimate of drug-likeness (QED) is 0.0556. The SMILES string of the molecule is CCCCCCCCCCCCCCCCOCCOCCOCCOCCNc1ccc([N+](=O)[O-])cc1[N+](=O)[O-]. The van der Waals surface area contributed by atoms with Gasteiger partial charge in [0.15, 0.2) is 0 Å². The fourth-order valence-corrected chi connectivity index (χ4v) is 4.35. The molecule has 1 aromatic rings. The van der Waals surface area contributed by atoms with Crippen molar-refractivity contribution in [2.45, 2.75) is 96.8 Å². The van der Waals surface area contributed by atoms with Crippen LogP contribution in [0.5, 0.6) is 0 Å². The van der Waals surface area contributed by atoms with E-state index in [9.17, 15) is 20.2 Å². The third-order valence-electron chi connectivity index (χ3n) is 6.71. The molecule has 0 saturated heterocycles. The highest BCUT2D eigenvalue weighted by Gasteiger charge is 2.19. The van der Waals surface area contributed by atoms with E-state index in [1.165, 1.54) is 95.6 Å². The van der Waals surface area contributed by atoms with Crippen molar-refractivity contribution in [2.24, 2.45) is 0 Å². The zero-order valence-electron chi connectivity index (χ0n) is 25.2. The van der Waals surface area contributed by atoms with E-state index in [4.69, 9.17) is 18.9 Å². The lowest BCUT2D eigenvalue weighted by Gasteiger charge is -2.09. The Balaban J connectivity index is 1.79. The van der Waals surface area contributed by atoms with Gasteiger partial charge in [-0.15, -0.1) is 0 Å². The van der Waals surface area contributed by atoms with Gasteiger partial charge in [-0.25, -0.2) is 0 Å². The maximum Gasteiger partial charge on any atom is 0.299 e. The molecule has 0 radical (unpaired) electrons. The molecule has 1 rings (SSSR count). The number of nitrogens with zero attached hydrogens (tertiary/aromatic N) is 2. The summed E-state index contributed by atoms with van der Waals surface area (Å²) in [5.41, 5.74) is -0.462. The number of hydrogen-bond acceptors (Lipinski definition) is 9. The Morgan fingerprint density at radius 3 is 1.49 bits per heavy atom. The second-order valence-electron chi connectivity index (χ2n) is 10.2. The molecule has 0 spiro atoms. The lowest BCUT2D eigenvalue weighted by atomic mass is 10.0. The normalized spacial score (nSPS) is 11.1. The molecule has 0 atom stereocenters. The van der Waals surface area contributed by atoms with Gasteiger partial charge < -0.3 is 24.3 Å². The third-order valence-corrected chi connectivity index (χ3v) is 6.71. The lowest BCUT2D eigenvalue weighted by Crippen LogP contribution is -2.15. The van der Waals surface area contributed by atoms with Crippen molar-refractivity contribution in [1.82, 2.24) is 0 Å². The molecule has 0 amide bonds. The second kappa shape index (κ2) is 26.6. The number of anilines is 1. The molecule has 0 heterocycles. The summed E-state index contributed by atoms with van der Waals surface area (Å²) in [6.45, 7) is 6.60. The van der Waals surface area contributed by atoms with E-state index in [0.717, 1.165) is 19.1 Å². The van der Waals surface area contributed by atoms with Gasteiger partial charge in [0, 0.05) is 19.2 Å². The van der Waals surface area contributed by atoms with Gasteiger partial charge in [-0.1, -0.05) is 90.4 Å². The average Bonchev–Trinajstić information content (AvgIpc) is 2.96. The van der Waals surface area contributed by atoms with Crippen LogP contribution in [0.3, 0.4) is 0 Å². The topological polar surface area (TPSA) is 135 Å². The summed E-state index contributed by atoms with van der Waals surface area (Å²) in [4.78, 5) is 20.6. The average molecular weight is 584 g/mol. The first-order chi connectivity index (χ1) is 20.1. The summed E-state index contributed by atoms with van der Waals surface area (Å²) < 4.78 is 22.0. The predicted molar refractivity (Wildman–Crippen MR) is 162 cm³/mol. The molecule has 11 nitrogen and oxygen atoms in total. The van der Waals surface area contributed by atoms with E-state index in [-0.39, 0.29) is 17.1 Å². The molecule has 0 bridgehead atoms. The number of nitrogens with one attached hydrogen (secondary N) is 1. The number of rotatable bonds is 30. The van der Waals surface area contributed by atoms with Gasteiger partial charge in [0.2, 0.25) is 0 Å². The van der Waals surface area contributed by atoms with Crippen molar-refractivity contribution in [3.05, 3.63) is 38.4 Å². The monoisotopic (exact) mass is 583 g/mol. The van der Waals surface area contributed by atoms with Crippen molar-refractivity contribution < 1.29 is 28.8 Å². The standard InChI is InChI=1S/C30H53N3O8/c1-2-3-4-5-6-7-8-9-10-11-12-13-14-15-19-38-21-23-40-25-26-41-24-22-39-20-18-31-29-17-16-28(32(34)35)27-30(29)33(36)37/h16-17,27,31H,2-15,18-26H2,1H3. The van der Waals surface area contributed by atoms with Crippen LogP contribution in [0, 0.1) is 20.2 Å². The number of hydrogen-bond donors (Lipinski definition) is 1. The summed E-state index contributed by atoms with van der Waals surface area (Å²) in [6.07, 6.45) is 19.0. The number of unbranched alkanes of at least 4 members (excludes halogenated alkanes) is 13. The Labute approximate surface area is 246 Å². The molecule has 0 aliphatic carbocycles. The van der Waals surface area contributed by atoms with Gasteiger partial charge in [0.05, 0.1) is 62.2 Å². The van der Waals surface area contributed by atoms with Crippen molar-refractivity contribution in [3.8, 4) is 0 Å². The summed E-state index contributed by atoms with van der Waals surface area (Å²) in [6, 6.07) is 3.48. The van der Waals surface area contributed by atoms with Gasteiger partial charge in [-0.2, -0.15) is 0 Å². The minimum absolute atomic E-state index is 0.209. The molecule has 0 aromatic heterocycles. The van der Waals surface area contributed by atoms with Crippen molar-refractivity contribution >= 4 is 17.1 Å². The first-order valence-electron chi connectivity index (χ1n) is 15.5. The van der Waals surface area contributed by atoms with Gasteiger partial charge in [0.1, 0.15) is 5.69 Å². The molecule has 1 N–H and O–H groups in total. The molecule has 41 heavy (non-hydrogen) atoms. The second-order valence-corrected chi connectivity index (χ2v) is 10.2. The Bertz CT molecular complexity index is 797.